The summed E-state index contributed by atoms with van der Waals surface area (Å²) in [6.45, 7) is 2.57. The Balaban J connectivity index is 0.722. The van der Waals surface area contributed by atoms with Gasteiger partial charge in [-0.3, -0.25) is 9.59 Å². The zero-order chi connectivity index (χ0) is 37.5. The third kappa shape index (κ3) is 10.8. The molecule has 10 nitrogen and oxygen atoms in total. The topological polar surface area (TPSA) is 124 Å². The molecule has 12 heteroatoms. The standard InChI is InChI=1S/C42H42O10S2/c43-39(27-51-29-15-17-37-33(25-29)41(45)31-11-1-3-13-35(31)53-37)49-23-9-7-21-47-19-5-6-20-48-22-8-10-24-50-40(44)28-52-30-16-18-38-34(26-30)42(46)32-12-2-4-14-36(32)54-38/h1-4,11-18,25-26H,5-10,19-24,27-28H2. The van der Waals surface area contributed by atoms with Gasteiger partial charge in [0.25, 0.3) is 0 Å². The molecule has 0 amide bonds. The molecule has 0 spiro atoms. The van der Waals surface area contributed by atoms with Gasteiger partial charge in [-0.15, -0.1) is 22.7 Å². The van der Waals surface area contributed by atoms with Gasteiger partial charge in [0, 0.05) is 66.8 Å². The number of unbranched alkanes of at least 4 members (excludes halogenated alkanes) is 3. The second kappa shape index (κ2) is 20.0. The lowest BCUT2D eigenvalue weighted by molar-refractivity contribution is -0.147. The number of carbonyl (C=O) groups excluding carboxylic acids is 2. The van der Waals surface area contributed by atoms with Gasteiger partial charge in [0.15, 0.2) is 24.1 Å². The molecule has 0 aliphatic carbocycles. The van der Waals surface area contributed by atoms with Crippen molar-refractivity contribution in [1.29, 1.82) is 0 Å². The summed E-state index contributed by atoms with van der Waals surface area (Å²) < 4.78 is 36.7. The van der Waals surface area contributed by atoms with Gasteiger partial charge < -0.3 is 28.4 Å². The minimum Gasteiger partial charge on any atom is -0.482 e. The Morgan fingerprint density at radius 3 is 1.24 bits per heavy atom. The summed E-state index contributed by atoms with van der Waals surface area (Å²) in [6, 6.07) is 25.6. The molecule has 6 rings (SSSR count). The van der Waals surface area contributed by atoms with Crippen LogP contribution in [0.4, 0.5) is 0 Å². The summed E-state index contributed by atoms with van der Waals surface area (Å²) in [6.07, 6.45) is 4.69. The highest BCUT2D eigenvalue weighted by Gasteiger charge is 2.11. The van der Waals surface area contributed by atoms with Gasteiger partial charge in [-0.25, -0.2) is 9.59 Å². The second-order valence-corrected chi connectivity index (χ2v) is 14.7. The highest BCUT2D eigenvalue weighted by atomic mass is 32.1. The van der Waals surface area contributed by atoms with Crippen LogP contribution in [0.25, 0.3) is 40.3 Å². The minimum atomic E-state index is -0.459. The summed E-state index contributed by atoms with van der Waals surface area (Å²) in [5, 5.41) is 2.49. The number of carbonyl (C=O) groups is 2. The maximum absolute atomic E-state index is 12.9. The van der Waals surface area contributed by atoms with Crippen molar-refractivity contribution in [3.8, 4) is 11.5 Å². The van der Waals surface area contributed by atoms with Crippen molar-refractivity contribution in [1.82, 2.24) is 0 Å². The quantitative estimate of drug-likeness (QED) is 0.0404. The molecule has 0 radical (unpaired) electrons. The molecule has 0 fully saturated rings. The Morgan fingerprint density at radius 2 is 0.815 bits per heavy atom. The molecule has 0 bridgehead atoms. The molecule has 0 atom stereocenters. The number of hydrogen-bond acceptors (Lipinski definition) is 12. The molecule has 6 aromatic rings. The first kappa shape index (κ1) is 38.8. The number of rotatable bonds is 21. The van der Waals surface area contributed by atoms with Gasteiger partial charge in [-0.2, -0.15) is 0 Å². The van der Waals surface area contributed by atoms with Gasteiger partial charge in [0.05, 0.1) is 13.2 Å². The molecule has 0 saturated carbocycles. The fourth-order valence-corrected chi connectivity index (χ4v) is 7.81. The average Bonchev–Trinajstić information content (AvgIpc) is 3.19. The van der Waals surface area contributed by atoms with Crippen molar-refractivity contribution in [2.24, 2.45) is 0 Å². The van der Waals surface area contributed by atoms with Crippen molar-refractivity contribution >= 4 is 75.0 Å². The van der Waals surface area contributed by atoms with Gasteiger partial charge in [0.1, 0.15) is 11.5 Å². The molecule has 282 valence electrons. The number of esters is 2. The van der Waals surface area contributed by atoms with Crippen LogP contribution in [-0.4, -0.2) is 64.8 Å². The van der Waals surface area contributed by atoms with Crippen LogP contribution in [0.15, 0.2) is 94.5 Å². The SMILES string of the molecule is O=C(COc1ccc2sc3ccccc3c(=O)c2c1)OCCCCOCCCCOCCCCOC(=O)COc1ccc2sc3ccccc3c(=O)c2c1. The summed E-state index contributed by atoms with van der Waals surface area (Å²) in [4.78, 5) is 50.0. The van der Waals surface area contributed by atoms with E-state index in [1.54, 1.807) is 46.9 Å². The van der Waals surface area contributed by atoms with Gasteiger partial charge in [-0.05, 0) is 99.2 Å². The van der Waals surface area contributed by atoms with E-state index in [9.17, 15) is 19.2 Å². The van der Waals surface area contributed by atoms with Crippen LogP contribution in [0.2, 0.25) is 0 Å². The van der Waals surface area contributed by atoms with E-state index in [0.717, 1.165) is 44.5 Å². The van der Waals surface area contributed by atoms with Crippen LogP contribution in [0, 0.1) is 0 Å². The number of fused-ring (bicyclic) bond motifs is 4. The van der Waals surface area contributed by atoms with Crippen LogP contribution in [0.5, 0.6) is 11.5 Å². The second-order valence-electron chi connectivity index (χ2n) is 12.5. The van der Waals surface area contributed by atoms with Crippen LogP contribution in [0.3, 0.4) is 0 Å². The summed E-state index contributed by atoms with van der Waals surface area (Å²) in [5.74, 6) is -0.0138. The van der Waals surface area contributed by atoms with E-state index in [4.69, 9.17) is 28.4 Å². The molecule has 54 heavy (non-hydrogen) atoms. The van der Waals surface area contributed by atoms with E-state index in [2.05, 4.69) is 0 Å². The Bertz CT molecular complexity index is 2150. The van der Waals surface area contributed by atoms with E-state index < -0.39 is 11.9 Å². The Morgan fingerprint density at radius 1 is 0.444 bits per heavy atom. The van der Waals surface area contributed by atoms with Crippen LogP contribution in [0.1, 0.15) is 38.5 Å². The highest BCUT2D eigenvalue weighted by Crippen LogP contribution is 2.28. The van der Waals surface area contributed by atoms with Crippen LogP contribution >= 0.6 is 22.7 Å². The van der Waals surface area contributed by atoms with Gasteiger partial charge in [-0.1, -0.05) is 24.3 Å². The average molecular weight is 771 g/mol. The molecule has 2 heterocycles. The van der Waals surface area contributed by atoms with Crippen molar-refractivity contribution in [2.45, 2.75) is 38.5 Å². The highest BCUT2D eigenvalue weighted by molar-refractivity contribution is 7.24. The number of hydrogen-bond donors (Lipinski definition) is 0. The van der Waals surface area contributed by atoms with Crippen molar-refractivity contribution in [3.63, 3.8) is 0 Å². The molecule has 0 unspecified atom stereocenters. The Kier molecular flexibility index (Phi) is 14.4. The Labute approximate surface area is 320 Å². The summed E-state index contributed by atoms with van der Waals surface area (Å²) in [7, 11) is 0. The molecule has 0 aliphatic heterocycles. The van der Waals surface area contributed by atoms with E-state index in [1.165, 1.54) is 0 Å². The molecule has 0 N–H and O–H groups in total. The van der Waals surface area contributed by atoms with Crippen LogP contribution < -0.4 is 20.3 Å². The van der Waals surface area contributed by atoms with Crippen molar-refractivity contribution in [2.75, 3.05) is 52.9 Å². The predicted molar refractivity (Wildman–Crippen MR) is 213 cm³/mol. The normalized spacial score (nSPS) is 11.3. The first-order valence-electron chi connectivity index (χ1n) is 18.1. The zero-order valence-electron chi connectivity index (χ0n) is 29.9. The number of ether oxygens (including phenoxy) is 6. The van der Waals surface area contributed by atoms with Crippen molar-refractivity contribution < 1.29 is 38.0 Å². The lowest BCUT2D eigenvalue weighted by atomic mass is 10.2. The number of benzene rings is 4. The Hall–Kier alpha value is -4.88. The maximum atomic E-state index is 12.9. The summed E-state index contributed by atoms with van der Waals surface area (Å²) in [5.41, 5.74) is -0.0990. The lowest BCUT2D eigenvalue weighted by Gasteiger charge is -2.09. The molecule has 2 aromatic heterocycles. The first-order valence-corrected chi connectivity index (χ1v) is 19.7. The van der Waals surface area contributed by atoms with Crippen molar-refractivity contribution in [3.05, 3.63) is 105 Å². The minimum absolute atomic E-state index is 0.0495. The van der Waals surface area contributed by atoms with E-state index in [0.29, 0.717) is 72.3 Å². The monoisotopic (exact) mass is 770 g/mol. The van der Waals surface area contributed by atoms with Gasteiger partial charge >= 0.3 is 11.9 Å². The molecular weight excluding hydrogens is 729 g/mol. The van der Waals surface area contributed by atoms with E-state index >= 15 is 0 Å². The first-order chi connectivity index (χ1) is 26.5. The molecular formula is C42H42O10S2. The molecule has 0 aliphatic rings. The largest absolute Gasteiger partial charge is 0.482 e. The molecule has 0 saturated heterocycles. The van der Waals surface area contributed by atoms with Gasteiger partial charge in [0.2, 0.25) is 0 Å². The summed E-state index contributed by atoms with van der Waals surface area (Å²) >= 11 is 3.09. The maximum Gasteiger partial charge on any atom is 0.344 e. The zero-order valence-corrected chi connectivity index (χ0v) is 31.5. The van der Waals surface area contributed by atoms with Crippen LogP contribution in [-0.2, 0) is 28.5 Å². The molecule has 4 aromatic carbocycles. The fraction of sp³-hybridized carbons (Fsp3) is 0.333. The third-order valence-electron chi connectivity index (χ3n) is 8.53. The fourth-order valence-electron chi connectivity index (χ4n) is 5.71. The predicted octanol–water partition coefficient (Wildman–Crippen LogP) is 8.06. The third-order valence-corrected chi connectivity index (χ3v) is 10.8. The van der Waals surface area contributed by atoms with E-state index in [-0.39, 0.29) is 37.3 Å². The smallest absolute Gasteiger partial charge is 0.344 e. The van der Waals surface area contributed by atoms with E-state index in [1.807, 2.05) is 60.7 Å². The lowest BCUT2D eigenvalue weighted by Crippen LogP contribution is -2.16.